The maximum Gasteiger partial charge on any atom is 0.203 e. The van der Waals surface area contributed by atoms with Crippen LogP contribution in [0.4, 0.5) is 0 Å². The first-order valence-electron chi connectivity index (χ1n) is 12.4. The molecule has 0 aliphatic heterocycles. The number of rotatable bonds is 6. The molecule has 6 atom stereocenters. The molecule has 2 N–H and O–H groups in total. The molecule has 0 aromatic heterocycles. The Balaban J connectivity index is 1.77. The summed E-state index contributed by atoms with van der Waals surface area (Å²) in [6.45, 7) is 16.0. The number of allylic oxidation sites excluding steroid dienone is 6. The summed E-state index contributed by atoms with van der Waals surface area (Å²) in [6.07, 6.45) is 17.0. The molecule has 0 saturated heterocycles. The number of aliphatic hydroxyl groups is 1. The second kappa shape index (κ2) is 9.77. The molecule has 1 unspecified atom stereocenters. The van der Waals surface area contributed by atoms with Crippen LogP contribution in [0.5, 0.6) is 0 Å². The molecule has 3 saturated carbocycles. The minimum absolute atomic E-state index is 0.298. The molecule has 0 amide bonds. The van der Waals surface area contributed by atoms with Crippen LogP contribution in [0, 0.1) is 35.0 Å². The molecular weight excluding hydrogens is 384 g/mol. The second-order valence-corrected chi connectivity index (χ2v) is 11.2. The van der Waals surface area contributed by atoms with E-state index in [4.69, 9.17) is 5.26 Å². The summed E-state index contributed by atoms with van der Waals surface area (Å²) in [4.78, 5) is 4.38. The molecule has 31 heavy (non-hydrogen) atoms. The van der Waals surface area contributed by atoms with Gasteiger partial charge in [0.25, 0.3) is 0 Å². The van der Waals surface area contributed by atoms with E-state index in [1.54, 1.807) is 5.57 Å². The van der Waals surface area contributed by atoms with Gasteiger partial charge in [-0.3, -0.25) is 0 Å². The third-order valence-electron chi connectivity index (χ3n) is 8.85. The van der Waals surface area contributed by atoms with Gasteiger partial charge in [0, 0.05) is 12.8 Å². The molecule has 3 aliphatic rings. The monoisotopic (exact) mass is 428 g/mol. The van der Waals surface area contributed by atoms with E-state index in [2.05, 4.69) is 70.4 Å². The van der Waals surface area contributed by atoms with Crippen molar-refractivity contribution >= 4 is 0 Å². The van der Waals surface area contributed by atoms with E-state index in [1.165, 1.54) is 32.1 Å². The predicted octanol–water partition coefficient (Wildman–Crippen LogP) is 7.46. The molecule has 0 aromatic rings. The van der Waals surface area contributed by atoms with Crippen molar-refractivity contribution < 1.29 is 15.3 Å². The Kier molecular flexibility index (Phi) is 7.71. The van der Waals surface area contributed by atoms with E-state index in [9.17, 15) is 5.11 Å². The van der Waals surface area contributed by atoms with E-state index >= 15 is 0 Å². The van der Waals surface area contributed by atoms with Gasteiger partial charge in [-0.2, -0.15) is 0 Å². The van der Waals surface area contributed by atoms with E-state index in [0.29, 0.717) is 48.3 Å². The molecule has 0 radical (unpaired) electrons. The van der Waals surface area contributed by atoms with Crippen LogP contribution in [0.2, 0.25) is 0 Å². The SMILES string of the molecule is C=C1CC[C@](O)(OO)CC1=CC=C1CCC[C@@]2(C)C1CC[C@@H]2[C@H](C)/C=C/[C@H](C)C(C)C. The Bertz CT molecular complexity index is 745. The Morgan fingerprint density at radius 2 is 1.81 bits per heavy atom. The van der Waals surface area contributed by atoms with Crippen LogP contribution in [-0.4, -0.2) is 16.2 Å². The van der Waals surface area contributed by atoms with Crippen molar-refractivity contribution in [2.75, 3.05) is 0 Å². The molecule has 0 aromatic carbocycles. The van der Waals surface area contributed by atoms with Crippen molar-refractivity contribution in [1.82, 2.24) is 0 Å². The summed E-state index contributed by atoms with van der Waals surface area (Å²) in [5.41, 5.74) is 3.96. The van der Waals surface area contributed by atoms with Gasteiger partial charge < -0.3 is 5.11 Å². The fourth-order valence-electron chi connectivity index (χ4n) is 6.33. The van der Waals surface area contributed by atoms with Gasteiger partial charge in [0.05, 0.1) is 0 Å². The summed E-state index contributed by atoms with van der Waals surface area (Å²) < 4.78 is 0. The van der Waals surface area contributed by atoms with Crippen molar-refractivity contribution in [2.24, 2.45) is 35.0 Å². The van der Waals surface area contributed by atoms with Gasteiger partial charge in [0.15, 0.2) is 0 Å². The average molecular weight is 429 g/mol. The topological polar surface area (TPSA) is 49.7 Å². The Morgan fingerprint density at radius 1 is 1.06 bits per heavy atom. The number of hydrogen-bond donors (Lipinski definition) is 2. The predicted molar refractivity (Wildman–Crippen MR) is 128 cm³/mol. The van der Waals surface area contributed by atoms with E-state index in [1.807, 2.05) is 0 Å². The first-order chi connectivity index (χ1) is 14.6. The van der Waals surface area contributed by atoms with Crippen LogP contribution < -0.4 is 0 Å². The van der Waals surface area contributed by atoms with Gasteiger partial charge in [0.1, 0.15) is 0 Å². The molecule has 3 aliphatic carbocycles. The van der Waals surface area contributed by atoms with Crippen LogP contribution >= 0.6 is 0 Å². The Hall–Kier alpha value is -1.16. The van der Waals surface area contributed by atoms with E-state index < -0.39 is 5.79 Å². The summed E-state index contributed by atoms with van der Waals surface area (Å²) in [5, 5.41) is 19.4. The lowest BCUT2D eigenvalue weighted by Crippen LogP contribution is -2.35. The van der Waals surface area contributed by atoms with E-state index in [-0.39, 0.29) is 0 Å². The smallest absolute Gasteiger partial charge is 0.203 e. The summed E-state index contributed by atoms with van der Waals surface area (Å²) in [7, 11) is 0. The lowest BCUT2D eigenvalue weighted by atomic mass is 9.61. The third-order valence-corrected chi connectivity index (χ3v) is 8.85. The zero-order valence-electron chi connectivity index (χ0n) is 20.4. The zero-order valence-corrected chi connectivity index (χ0v) is 20.4. The number of fused-ring (bicyclic) bond motifs is 1. The fourth-order valence-corrected chi connectivity index (χ4v) is 6.33. The van der Waals surface area contributed by atoms with Crippen LogP contribution in [0.3, 0.4) is 0 Å². The first kappa shape index (κ1) is 24.5. The minimum Gasteiger partial charge on any atom is -0.363 e. The average Bonchev–Trinajstić information content (AvgIpc) is 3.10. The highest BCUT2D eigenvalue weighted by Gasteiger charge is 2.50. The zero-order chi connectivity index (χ0) is 22.8. The highest BCUT2D eigenvalue weighted by molar-refractivity contribution is 5.37. The molecule has 0 bridgehead atoms. The summed E-state index contributed by atoms with van der Waals surface area (Å²) in [5.74, 6) is 1.85. The van der Waals surface area contributed by atoms with Crippen molar-refractivity contribution in [3.05, 3.63) is 47.6 Å². The van der Waals surface area contributed by atoms with Crippen LogP contribution in [-0.2, 0) is 4.89 Å². The fraction of sp³-hybridized carbons (Fsp3) is 0.714. The van der Waals surface area contributed by atoms with Gasteiger partial charge in [-0.1, -0.05) is 76.6 Å². The molecule has 3 fully saturated rings. The molecule has 3 nitrogen and oxygen atoms in total. The minimum atomic E-state index is -1.47. The highest BCUT2D eigenvalue weighted by atomic mass is 17.1. The lowest BCUT2D eigenvalue weighted by molar-refractivity contribution is -0.394. The van der Waals surface area contributed by atoms with Crippen molar-refractivity contribution in [1.29, 1.82) is 0 Å². The van der Waals surface area contributed by atoms with Gasteiger partial charge >= 0.3 is 0 Å². The van der Waals surface area contributed by atoms with Gasteiger partial charge in [-0.25, -0.2) is 10.1 Å². The van der Waals surface area contributed by atoms with Crippen molar-refractivity contribution in [3.8, 4) is 0 Å². The van der Waals surface area contributed by atoms with Crippen molar-refractivity contribution in [2.45, 2.75) is 91.8 Å². The van der Waals surface area contributed by atoms with Gasteiger partial charge in [-0.05, 0) is 79.1 Å². The molecule has 174 valence electrons. The third kappa shape index (κ3) is 5.26. The van der Waals surface area contributed by atoms with Crippen molar-refractivity contribution in [3.63, 3.8) is 0 Å². The lowest BCUT2D eigenvalue weighted by Gasteiger charge is -2.44. The van der Waals surface area contributed by atoms with Crippen LogP contribution in [0.1, 0.15) is 86.0 Å². The second-order valence-electron chi connectivity index (χ2n) is 11.2. The first-order valence-corrected chi connectivity index (χ1v) is 12.4. The largest absolute Gasteiger partial charge is 0.363 e. The summed E-state index contributed by atoms with van der Waals surface area (Å²) in [6, 6.07) is 0. The molecule has 0 heterocycles. The normalized spacial score (nSPS) is 38.9. The summed E-state index contributed by atoms with van der Waals surface area (Å²) >= 11 is 0. The molecule has 3 rings (SSSR count). The molecular formula is C28H44O3. The quantitative estimate of drug-likeness (QED) is 0.200. The maximum absolute atomic E-state index is 10.3. The molecule has 0 spiro atoms. The maximum atomic E-state index is 10.3. The van der Waals surface area contributed by atoms with E-state index in [0.717, 1.165) is 17.1 Å². The number of hydrogen-bond acceptors (Lipinski definition) is 3. The van der Waals surface area contributed by atoms with Crippen LogP contribution in [0.25, 0.3) is 0 Å². The Morgan fingerprint density at radius 3 is 2.48 bits per heavy atom. The van der Waals surface area contributed by atoms with Gasteiger partial charge in [-0.15, -0.1) is 0 Å². The van der Waals surface area contributed by atoms with Gasteiger partial charge in [0.2, 0.25) is 5.79 Å². The molecule has 3 heteroatoms. The Labute approximate surface area is 189 Å². The standard InChI is InChI=1S/C28H44O3/c1-19(2)20(3)9-10-22(5)25-13-14-26-23(8-7-16-27(25,26)6)11-12-24-18-28(29,31-30)17-15-21(24)4/h9-12,19-20,22,25-26,29-30H,4,7-8,13-18H2,1-3,5-6H3/b10-9+,23-11?,24-12?/t20-,22+,25+,26?,27+,28-/m0/s1. The van der Waals surface area contributed by atoms with Crippen LogP contribution in [0.15, 0.2) is 47.6 Å². The highest BCUT2D eigenvalue weighted by Crippen LogP contribution is 2.59.